The zero-order chi connectivity index (χ0) is 23.7. The van der Waals surface area contributed by atoms with Crippen LogP contribution in [-0.2, 0) is 14.4 Å². The summed E-state index contributed by atoms with van der Waals surface area (Å²) in [6, 6.07) is 14.4. The number of amides is 2. The fraction of sp³-hybridized carbons (Fsp3) is 0.259. The van der Waals surface area contributed by atoms with Gasteiger partial charge in [0.15, 0.2) is 11.5 Å². The normalized spacial score (nSPS) is 25.0. The van der Waals surface area contributed by atoms with Crippen molar-refractivity contribution in [3.8, 4) is 11.5 Å². The molecule has 1 aliphatic heterocycles. The van der Waals surface area contributed by atoms with Gasteiger partial charge in [-0.15, -0.1) is 0 Å². The molecule has 3 aliphatic rings. The first-order chi connectivity index (χ1) is 16.5. The summed E-state index contributed by atoms with van der Waals surface area (Å²) < 4.78 is 11.1. The van der Waals surface area contributed by atoms with Gasteiger partial charge in [-0.25, -0.2) is 4.79 Å². The van der Waals surface area contributed by atoms with Gasteiger partial charge in [0.2, 0.25) is 0 Å². The summed E-state index contributed by atoms with van der Waals surface area (Å²) in [5, 5.41) is 5.20. The van der Waals surface area contributed by atoms with Crippen LogP contribution in [0.5, 0.6) is 11.5 Å². The predicted molar refractivity (Wildman–Crippen MR) is 126 cm³/mol. The number of hydrogen-bond acceptors (Lipinski definition) is 6. The number of ether oxygens (including phenoxy) is 2. The lowest BCUT2D eigenvalue weighted by molar-refractivity contribution is -0.140. The molecule has 0 aromatic heterocycles. The van der Waals surface area contributed by atoms with Crippen LogP contribution in [0.3, 0.4) is 0 Å². The molecule has 0 N–H and O–H groups in total. The topological polar surface area (TPSA) is 85.3 Å². The number of hydrazone groups is 1. The van der Waals surface area contributed by atoms with Crippen molar-refractivity contribution in [1.82, 2.24) is 5.01 Å². The molecule has 2 fully saturated rings. The summed E-state index contributed by atoms with van der Waals surface area (Å²) in [6.07, 6.45) is 9.45. The van der Waals surface area contributed by atoms with Gasteiger partial charge in [0.25, 0.3) is 11.8 Å². The Morgan fingerprint density at radius 2 is 1.71 bits per heavy atom. The van der Waals surface area contributed by atoms with Crippen molar-refractivity contribution < 1.29 is 23.9 Å². The minimum atomic E-state index is -0.533. The Morgan fingerprint density at radius 1 is 1.00 bits per heavy atom. The highest BCUT2D eigenvalue weighted by molar-refractivity contribution is 6.06. The van der Waals surface area contributed by atoms with E-state index in [0.29, 0.717) is 17.9 Å². The zero-order valence-electron chi connectivity index (χ0n) is 18.7. The molecule has 2 bridgehead atoms. The van der Waals surface area contributed by atoms with Crippen LogP contribution in [0.2, 0.25) is 0 Å². The summed E-state index contributed by atoms with van der Waals surface area (Å²) in [4.78, 5) is 37.8. The van der Waals surface area contributed by atoms with E-state index in [0.717, 1.165) is 17.0 Å². The first-order valence-electron chi connectivity index (χ1n) is 11.4. The molecular formula is C27H24N2O5. The smallest absolute Gasteiger partial charge is 0.336 e. The van der Waals surface area contributed by atoms with E-state index >= 15 is 0 Å². The van der Waals surface area contributed by atoms with Gasteiger partial charge in [-0.05, 0) is 60.6 Å². The third kappa shape index (κ3) is 4.05. The molecule has 7 nitrogen and oxygen atoms in total. The van der Waals surface area contributed by atoms with Crippen molar-refractivity contribution in [3.05, 3.63) is 77.9 Å². The third-order valence-corrected chi connectivity index (χ3v) is 6.46. The van der Waals surface area contributed by atoms with Crippen molar-refractivity contribution in [1.29, 1.82) is 0 Å². The fourth-order valence-electron chi connectivity index (χ4n) is 4.95. The van der Waals surface area contributed by atoms with E-state index in [1.807, 2.05) is 49.4 Å². The highest BCUT2D eigenvalue weighted by Crippen LogP contribution is 2.52. The SMILES string of the molecule is CCOc1cc(C=NN2C(=O)[C@@H]3[C@H](C2=O)[C@H]2C=C[C@H]3C2)ccc1OC(=O)/C=C/c1ccccc1. The molecule has 2 aromatic carbocycles. The summed E-state index contributed by atoms with van der Waals surface area (Å²) in [7, 11) is 0. The molecule has 2 aromatic rings. The molecule has 0 radical (unpaired) electrons. The maximum absolute atomic E-state index is 12.8. The number of carbonyl (C=O) groups excluding carboxylic acids is 3. The Kier molecular flexibility index (Phi) is 5.84. The van der Waals surface area contributed by atoms with Gasteiger partial charge in [-0.1, -0.05) is 42.5 Å². The van der Waals surface area contributed by atoms with Gasteiger partial charge in [-0.2, -0.15) is 10.1 Å². The highest BCUT2D eigenvalue weighted by Gasteiger charge is 2.59. The van der Waals surface area contributed by atoms with Crippen LogP contribution in [0, 0.1) is 23.7 Å². The maximum atomic E-state index is 12.8. The molecule has 0 spiro atoms. The Balaban J connectivity index is 1.29. The summed E-state index contributed by atoms with van der Waals surface area (Å²) in [5.41, 5.74) is 1.50. The van der Waals surface area contributed by atoms with Crippen LogP contribution in [0.25, 0.3) is 6.08 Å². The van der Waals surface area contributed by atoms with E-state index in [1.54, 1.807) is 24.3 Å². The third-order valence-electron chi connectivity index (χ3n) is 6.46. The number of allylic oxidation sites excluding steroid dienone is 2. The van der Waals surface area contributed by atoms with Gasteiger partial charge in [0.05, 0.1) is 24.7 Å². The van der Waals surface area contributed by atoms with Crippen molar-refractivity contribution in [2.75, 3.05) is 6.61 Å². The molecule has 1 saturated carbocycles. The summed E-state index contributed by atoms with van der Waals surface area (Å²) in [6.45, 7) is 2.19. The second-order valence-corrected chi connectivity index (χ2v) is 8.54. The van der Waals surface area contributed by atoms with E-state index in [9.17, 15) is 14.4 Å². The number of fused-ring (bicyclic) bond motifs is 5. The van der Waals surface area contributed by atoms with Crippen LogP contribution in [0.15, 0.2) is 71.9 Å². The second kappa shape index (κ2) is 9.09. The average Bonchev–Trinajstić information content (AvgIpc) is 3.53. The number of nitrogens with zero attached hydrogens (tertiary/aromatic N) is 2. The molecule has 2 amide bonds. The lowest BCUT2D eigenvalue weighted by atomic mass is 9.85. The monoisotopic (exact) mass is 456 g/mol. The van der Waals surface area contributed by atoms with Gasteiger partial charge >= 0.3 is 5.97 Å². The molecule has 1 heterocycles. The highest BCUT2D eigenvalue weighted by atomic mass is 16.6. The van der Waals surface area contributed by atoms with Crippen LogP contribution in [0.4, 0.5) is 0 Å². The van der Waals surface area contributed by atoms with Gasteiger partial charge < -0.3 is 9.47 Å². The second-order valence-electron chi connectivity index (χ2n) is 8.54. The van der Waals surface area contributed by atoms with Crippen molar-refractivity contribution in [2.24, 2.45) is 28.8 Å². The first-order valence-corrected chi connectivity index (χ1v) is 11.4. The number of esters is 1. The largest absolute Gasteiger partial charge is 0.490 e. The Bertz CT molecular complexity index is 1190. The fourth-order valence-corrected chi connectivity index (χ4v) is 4.95. The number of rotatable bonds is 7. The van der Waals surface area contributed by atoms with Crippen molar-refractivity contribution >= 4 is 30.1 Å². The van der Waals surface area contributed by atoms with E-state index in [1.165, 1.54) is 12.3 Å². The first kappa shape index (κ1) is 21.8. The maximum Gasteiger partial charge on any atom is 0.336 e. The molecule has 5 rings (SSSR count). The van der Waals surface area contributed by atoms with Crippen LogP contribution in [-0.4, -0.2) is 35.6 Å². The van der Waals surface area contributed by atoms with Crippen LogP contribution in [0.1, 0.15) is 24.5 Å². The molecule has 7 heteroatoms. The van der Waals surface area contributed by atoms with Crippen molar-refractivity contribution in [3.63, 3.8) is 0 Å². The van der Waals surface area contributed by atoms with E-state index in [2.05, 4.69) is 5.10 Å². The number of carbonyl (C=O) groups is 3. The Labute approximate surface area is 197 Å². The Morgan fingerprint density at radius 3 is 2.38 bits per heavy atom. The molecule has 172 valence electrons. The van der Waals surface area contributed by atoms with E-state index in [4.69, 9.17) is 9.47 Å². The summed E-state index contributed by atoms with van der Waals surface area (Å²) in [5.74, 6) is -0.656. The Hall–Kier alpha value is -4.00. The molecule has 34 heavy (non-hydrogen) atoms. The van der Waals surface area contributed by atoms with Crippen LogP contribution >= 0.6 is 0 Å². The van der Waals surface area contributed by atoms with Crippen molar-refractivity contribution in [2.45, 2.75) is 13.3 Å². The van der Waals surface area contributed by atoms with E-state index in [-0.39, 0.29) is 41.2 Å². The quantitative estimate of drug-likeness (QED) is 0.158. The van der Waals surface area contributed by atoms with Gasteiger partial charge in [-0.3, -0.25) is 9.59 Å². The molecular weight excluding hydrogens is 432 g/mol. The number of imide groups is 1. The molecule has 2 aliphatic carbocycles. The number of hydrogen-bond donors (Lipinski definition) is 0. The van der Waals surface area contributed by atoms with Gasteiger partial charge in [0, 0.05) is 6.08 Å². The number of benzene rings is 2. The molecule has 0 unspecified atom stereocenters. The molecule has 1 saturated heterocycles. The standard InChI is InChI=1S/C27H24N2O5/c1-2-33-22-14-18(8-12-21(22)34-23(30)13-9-17-6-4-3-5-7-17)16-28-29-26(31)24-19-10-11-20(15-19)25(24)27(29)32/h3-14,16,19-20,24-25H,2,15H2,1H3/b13-9+,28-16?/t19-,20-,24-,25+/m0/s1. The minimum Gasteiger partial charge on any atom is -0.490 e. The zero-order valence-corrected chi connectivity index (χ0v) is 18.7. The minimum absolute atomic E-state index is 0.140. The average molecular weight is 456 g/mol. The van der Waals surface area contributed by atoms with Crippen LogP contribution < -0.4 is 9.47 Å². The lowest BCUT2D eigenvalue weighted by Crippen LogP contribution is -2.28. The lowest BCUT2D eigenvalue weighted by Gasteiger charge is -2.13. The summed E-state index contributed by atoms with van der Waals surface area (Å²) >= 11 is 0. The predicted octanol–water partition coefficient (Wildman–Crippen LogP) is 3.85. The van der Waals surface area contributed by atoms with E-state index < -0.39 is 5.97 Å². The van der Waals surface area contributed by atoms with Gasteiger partial charge in [0.1, 0.15) is 0 Å². The molecule has 4 atom stereocenters.